The van der Waals surface area contributed by atoms with Crippen LogP contribution in [0.3, 0.4) is 0 Å². The van der Waals surface area contributed by atoms with Crippen LogP contribution in [0.2, 0.25) is 0 Å². The summed E-state index contributed by atoms with van der Waals surface area (Å²) in [5, 5.41) is 33.2. The maximum Gasteiger partial charge on any atom is 0.308 e. The molecule has 5 unspecified atom stereocenters. The fourth-order valence-corrected chi connectivity index (χ4v) is 4.31. The number of rotatable bonds is 11. The average Bonchev–Trinajstić information content (AvgIpc) is 2.72. The molecule has 12 heteroatoms. The van der Waals surface area contributed by atoms with Crippen molar-refractivity contribution in [2.24, 2.45) is 0 Å². The minimum absolute atomic E-state index is 0.0144. The van der Waals surface area contributed by atoms with Crippen LogP contribution in [-0.2, 0) is 23.8 Å². The summed E-state index contributed by atoms with van der Waals surface area (Å²) in [6, 6.07) is 4.51. The largest absolute Gasteiger partial charge is 0.463 e. The minimum Gasteiger partial charge on any atom is -0.463 e. The van der Waals surface area contributed by atoms with Gasteiger partial charge < -0.3 is 34.8 Å². The van der Waals surface area contributed by atoms with Crippen molar-refractivity contribution in [2.75, 3.05) is 25.6 Å². The molecule has 0 saturated carbocycles. The summed E-state index contributed by atoms with van der Waals surface area (Å²) in [6.45, 7) is 1.50. The summed E-state index contributed by atoms with van der Waals surface area (Å²) in [7, 11) is 3.14. The monoisotopic (exact) mass is 462 g/mol. The van der Waals surface area contributed by atoms with Gasteiger partial charge in [-0.3, -0.25) is 9.59 Å². The molecule has 1 aliphatic rings. The molecule has 4 N–H and O–H groups in total. The standard InChI is InChI=1S/C18H26N2O8S2/c1-11(21)20-15-17(24)16(23)12(28-18(15)25)10-27-14(22)5-7-26-8-9-29-30-13-4-2-3-6-19-13/h2-4,6,12,15-18,23-25H,5,7-10H2,1H3,(H,20,21). The van der Waals surface area contributed by atoms with Gasteiger partial charge in [0.25, 0.3) is 0 Å². The predicted molar refractivity (Wildman–Crippen MR) is 109 cm³/mol. The van der Waals surface area contributed by atoms with E-state index in [9.17, 15) is 24.9 Å². The van der Waals surface area contributed by atoms with Gasteiger partial charge in [-0.1, -0.05) is 16.9 Å². The number of aliphatic hydroxyl groups excluding tert-OH is 3. The van der Waals surface area contributed by atoms with E-state index in [0.717, 1.165) is 10.8 Å². The second-order valence-electron chi connectivity index (χ2n) is 6.39. The third kappa shape index (κ3) is 8.38. The summed E-state index contributed by atoms with van der Waals surface area (Å²) in [6.07, 6.45) is -3.83. The lowest BCUT2D eigenvalue weighted by Gasteiger charge is -2.40. The Labute approximate surface area is 182 Å². The van der Waals surface area contributed by atoms with E-state index in [2.05, 4.69) is 10.3 Å². The van der Waals surface area contributed by atoms with Crippen molar-refractivity contribution in [1.29, 1.82) is 0 Å². The molecule has 1 fully saturated rings. The van der Waals surface area contributed by atoms with Crippen LogP contribution < -0.4 is 5.32 Å². The van der Waals surface area contributed by atoms with Crippen LogP contribution in [-0.4, -0.2) is 88.4 Å². The number of nitrogens with one attached hydrogen (secondary N) is 1. The van der Waals surface area contributed by atoms with Crippen LogP contribution in [0.4, 0.5) is 0 Å². The molecular formula is C18H26N2O8S2. The lowest BCUT2D eigenvalue weighted by Crippen LogP contribution is -2.64. The lowest BCUT2D eigenvalue weighted by atomic mass is 9.97. The number of esters is 1. The Bertz CT molecular complexity index is 669. The molecule has 1 aromatic heterocycles. The maximum atomic E-state index is 11.8. The Morgan fingerprint density at radius 3 is 2.73 bits per heavy atom. The first-order valence-corrected chi connectivity index (χ1v) is 11.6. The van der Waals surface area contributed by atoms with Gasteiger partial charge in [-0.25, -0.2) is 4.98 Å². The number of hydrogen-bond donors (Lipinski definition) is 4. The number of aliphatic hydroxyl groups is 3. The molecule has 0 aliphatic carbocycles. The number of carbonyl (C=O) groups is 2. The van der Waals surface area contributed by atoms with Gasteiger partial charge in [0.15, 0.2) is 6.29 Å². The van der Waals surface area contributed by atoms with E-state index < -0.39 is 42.5 Å². The van der Waals surface area contributed by atoms with Gasteiger partial charge in [0.2, 0.25) is 5.91 Å². The van der Waals surface area contributed by atoms with Crippen LogP contribution in [0.25, 0.3) is 0 Å². The number of amides is 1. The fourth-order valence-electron chi connectivity index (χ4n) is 2.57. The van der Waals surface area contributed by atoms with Gasteiger partial charge in [-0.2, -0.15) is 0 Å². The van der Waals surface area contributed by atoms with Crippen LogP contribution in [0.5, 0.6) is 0 Å². The number of nitrogens with zero attached hydrogens (tertiary/aromatic N) is 1. The number of hydrogen-bond acceptors (Lipinski definition) is 11. The van der Waals surface area contributed by atoms with E-state index >= 15 is 0 Å². The van der Waals surface area contributed by atoms with E-state index in [1.165, 1.54) is 6.92 Å². The lowest BCUT2D eigenvalue weighted by molar-refractivity contribution is -0.255. The van der Waals surface area contributed by atoms with E-state index in [4.69, 9.17) is 14.2 Å². The molecule has 0 spiro atoms. The first-order valence-electron chi connectivity index (χ1n) is 9.29. The highest BCUT2D eigenvalue weighted by Crippen LogP contribution is 2.28. The third-order valence-electron chi connectivity index (χ3n) is 4.04. The Morgan fingerprint density at radius 2 is 2.03 bits per heavy atom. The molecule has 0 radical (unpaired) electrons. The van der Waals surface area contributed by atoms with Gasteiger partial charge in [0.05, 0.1) is 19.6 Å². The molecular weight excluding hydrogens is 436 g/mol. The van der Waals surface area contributed by atoms with Gasteiger partial charge in [-0.15, -0.1) is 0 Å². The Hall–Kier alpha value is -1.41. The molecule has 1 saturated heterocycles. The summed E-state index contributed by atoms with van der Waals surface area (Å²) in [4.78, 5) is 27.1. The number of pyridine rings is 1. The Kier molecular flexibility index (Phi) is 10.9. The third-order valence-corrected chi connectivity index (χ3v) is 6.27. The van der Waals surface area contributed by atoms with Crippen molar-refractivity contribution < 1.29 is 39.1 Å². The van der Waals surface area contributed by atoms with Gasteiger partial charge >= 0.3 is 5.97 Å². The first kappa shape index (κ1) is 24.9. The molecule has 5 atom stereocenters. The van der Waals surface area contributed by atoms with Gasteiger partial charge in [-0.05, 0) is 22.9 Å². The highest BCUT2D eigenvalue weighted by atomic mass is 33.1. The second-order valence-corrected chi connectivity index (χ2v) is 8.83. The molecule has 0 aromatic carbocycles. The maximum absolute atomic E-state index is 11.8. The molecule has 168 valence electrons. The zero-order valence-corrected chi connectivity index (χ0v) is 18.0. The van der Waals surface area contributed by atoms with Crippen molar-refractivity contribution >= 4 is 33.5 Å². The van der Waals surface area contributed by atoms with Gasteiger partial charge in [0.1, 0.15) is 36.0 Å². The summed E-state index contributed by atoms with van der Waals surface area (Å²) in [5.41, 5.74) is 0. The number of aromatic nitrogens is 1. The van der Waals surface area contributed by atoms with Crippen LogP contribution in [0.15, 0.2) is 29.4 Å². The molecule has 0 bridgehead atoms. The Morgan fingerprint density at radius 1 is 1.23 bits per heavy atom. The van der Waals surface area contributed by atoms with Crippen molar-refractivity contribution in [3.8, 4) is 0 Å². The summed E-state index contributed by atoms with van der Waals surface area (Å²) in [5.74, 6) is -0.328. The summed E-state index contributed by atoms with van der Waals surface area (Å²) < 4.78 is 15.6. The van der Waals surface area contributed by atoms with E-state index in [-0.39, 0.29) is 19.6 Å². The first-order chi connectivity index (χ1) is 14.4. The number of ether oxygens (including phenoxy) is 3. The predicted octanol–water partition coefficient (Wildman–Crippen LogP) is -0.284. The molecule has 1 aliphatic heterocycles. The molecule has 2 rings (SSSR count). The zero-order chi connectivity index (χ0) is 21.9. The number of carbonyl (C=O) groups excluding carboxylic acids is 2. The molecule has 30 heavy (non-hydrogen) atoms. The molecule has 1 amide bonds. The van der Waals surface area contributed by atoms with Crippen molar-refractivity contribution in [1.82, 2.24) is 10.3 Å². The van der Waals surface area contributed by atoms with E-state index in [1.54, 1.807) is 27.8 Å². The SMILES string of the molecule is CC(=O)NC1C(O)OC(COC(=O)CCOCCSSc2ccccn2)C(O)C1O. The van der Waals surface area contributed by atoms with Crippen LogP contribution >= 0.6 is 21.6 Å². The van der Waals surface area contributed by atoms with Crippen molar-refractivity contribution in [2.45, 2.75) is 49.0 Å². The highest BCUT2D eigenvalue weighted by molar-refractivity contribution is 8.76. The van der Waals surface area contributed by atoms with Crippen LogP contribution in [0, 0.1) is 0 Å². The highest BCUT2D eigenvalue weighted by Gasteiger charge is 2.44. The fraction of sp³-hybridized carbons (Fsp3) is 0.611. The van der Waals surface area contributed by atoms with Crippen molar-refractivity contribution in [3.63, 3.8) is 0 Å². The smallest absolute Gasteiger partial charge is 0.308 e. The second kappa shape index (κ2) is 13.1. The van der Waals surface area contributed by atoms with Gasteiger partial charge in [0, 0.05) is 18.9 Å². The topological polar surface area (TPSA) is 147 Å². The molecule has 2 heterocycles. The van der Waals surface area contributed by atoms with Crippen LogP contribution in [0.1, 0.15) is 13.3 Å². The zero-order valence-electron chi connectivity index (χ0n) is 16.4. The normalized spacial score (nSPS) is 26.2. The molecule has 1 aromatic rings. The Balaban J connectivity index is 1.56. The van der Waals surface area contributed by atoms with E-state index in [0.29, 0.717) is 6.61 Å². The average molecular weight is 463 g/mol. The van der Waals surface area contributed by atoms with Crippen molar-refractivity contribution in [3.05, 3.63) is 24.4 Å². The van der Waals surface area contributed by atoms with E-state index in [1.807, 2.05) is 18.2 Å². The molecule has 10 nitrogen and oxygen atoms in total. The quantitative estimate of drug-likeness (QED) is 0.195. The minimum atomic E-state index is -1.54. The summed E-state index contributed by atoms with van der Waals surface area (Å²) >= 11 is 0.